The summed E-state index contributed by atoms with van der Waals surface area (Å²) in [4.78, 5) is 49.5. The minimum absolute atomic E-state index is 0.0310. The van der Waals surface area contributed by atoms with Crippen molar-refractivity contribution in [3.8, 4) is 22.5 Å². The Labute approximate surface area is 220 Å². The van der Waals surface area contributed by atoms with E-state index in [1.807, 2.05) is 55.5 Å². The molecule has 2 heterocycles. The SMILES string of the molecule is CC/N=c1/ccc2c(-c3ccccc3C(=O)ON3C(=O)CCC3=O)c3ccc(N(CC)CC)cc3oc-2c1. The maximum atomic E-state index is 13.3. The van der Waals surface area contributed by atoms with Crippen LogP contribution in [0, 0.1) is 0 Å². The Bertz CT molecular complexity index is 1570. The second-order valence-corrected chi connectivity index (χ2v) is 8.99. The van der Waals surface area contributed by atoms with Crippen molar-refractivity contribution >= 4 is 34.4 Å². The molecule has 0 N–H and O–H groups in total. The first-order valence-corrected chi connectivity index (χ1v) is 12.9. The molecule has 8 nitrogen and oxygen atoms in total. The third-order valence-electron chi connectivity index (χ3n) is 6.75. The largest absolute Gasteiger partial charge is 0.456 e. The first-order valence-electron chi connectivity index (χ1n) is 12.9. The van der Waals surface area contributed by atoms with Crippen LogP contribution in [0.1, 0.15) is 44.0 Å². The molecular weight excluding hydrogens is 482 g/mol. The smallest absolute Gasteiger partial charge is 0.364 e. The van der Waals surface area contributed by atoms with Gasteiger partial charge in [-0.15, -0.1) is 5.06 Å². The zero-order valence-electron chi connectivity index (χ0n) is 21.7. The van der Waals surface area contributed by atoms with E-state index in [0.717, 1.165) is 40.6 Å². The molecule has 38 heavy (non-hydrogen) atoms. The molecule has 0 saturated carbocycles. The summed E-state index contributed by atoms with van der Waals surface area (Å²) in [5, 5.41) is 2.19. The van der Waals surface area contributed by atoms with Gasteiger partial charge < -0.3 is 14.2 Å². The molecular formula is C30H29N3O5. The fraction of sp³-hybridized carbons (Fsp3) is 0.267. The van der Waals surface area contributed by atoms with E-state index in [1.54, 1.807) is 12.1 Å². The lowest BCUT2D eigenvalue weighted by molar-refractivity contribution is -0.172. The normalized spacial score (nSPS) is 14.1. The van der Waals surface area contributed by atoms with Crippen molar-refractivity contribution in [3.63, 3.8) is 0 Å². The molecule has 0 radical (unpaired) electrons. The zero-order chi connectivity index (χ0) is 26.8. The summed E-state index contributed by atoms with van der Waals surface area (Å²) >= 11 is 0. The second-order valence-electron chi connectivity index (χ2n) is 8.99. The molecule has 2 aromatic rings. The van der Waals surface area contributed by atoms with Crippen LogP contribution in [0.4, 0.5) is 5.69 Å². The van der Waals surface area contributed by atoms with Gasteiger partial charge in [-0.05, 0) is 56.7 Å². The average Bonchev–Trinajstić information content (AvgIpc) is 3.24. The number of carbonyl (C=O) groups is 3. The van der Waals surface area contributed by atoms with Gasteiger partial charge in [0, 0.05) is 66.8 Å². The Balaban J connectivity index is 1.73. The van der Waals surface area contributed by atoms with Crippen LogP contribution in [0.3, 0.4) is 0 Å². The van der Waals surface area contributed by atoms with Crippen molar-refractivity contribution < 1.29 is 23.6 Å². The molecule has 1 saturated heterocycles. The van der Waals surface area contributed by atoms with Gasteiger partial charge in [-0.25, -0.2) is 4.79 Å². The van der Waals surface area contributed by atoms with E-state index in [9.17, 15) is 14.4 Å². The summed E-state index contributed by atoms with van der Waals surface area (Å²) < 4.78 is 6.41. The molecule has 2 amide bonds. The minimum Gasteiger partial charge on any atom is -0.456 e. The van der Waals surface area contributed by atoms with E-state index < -0.39 is 17.8 Å². The predicted molar refractivity (Wildman–Crippen MR) is 144 cm³/mol. The fourth-order valence-electron chi connectivity index (χ4n) is 4.89. The van der Waals surface area contributed by atoms with E-state index in [-0.39, 0.29) is 18.4 Å². The maximum absolute atomic E-state index is 13.3. The van der Waals surface area contributed by atoms with E-state index in [2.05, 4.69) is 23.7 Å². The predicted octanol–water partition coefficient (Wildman–Crippen LogP) is 5.19. The summed E-state index contributed by atoms with van der Waals surface area (Å²) in [5.41, 5.74) is 4.14. The van der Waals surface area contributed by atoms with Crippen LogP contribution in [-0.2, 0) is 14.4 Å². The van der Waals surface area contributed by atoms with Crippen LogP contribution in [-0.4, -0.2) is 42.5 Å². The molecule has 0 bridgehead atoms. The number of hydrogen-bond acceptors (Lipinski definition) is 7. The molecule has 0 unspecified atom stereocenters. The lowest BCUT2D eigenvalue weighted by atomic mass is 9.90. The lowest BCUT2D eigenvalue weighted by Crippen LogP contribution is -2.32. The molecule has 8 heteroatoms. The maximum Gasteiger partial charge on any atom is 0.364 e. The number of anilines is 1. The van der Waals surface area contributed by atoms with Crippen molar-refractivity contribution in [2.24, 2.45) is 4.99 Å². The summed E-state index contributed by atoms with van der Waals surface area (Å²) in [5.74, 6) is -1.19. The van der Waals surface area contributed by atoms with Crippen molar-refractivity contribution in [3.05, 3.63) is 71.6 Å². The summed E-state index contributed by atoms with van der Waals surface area (Å²) in [7, 11) is 0. The summed E-state index contributed by atoms with van der Waals surface area (Å²) in [6.45, 7) is 8.52. The topological polar surface area (TPSA) is 92.4 Å². The lowest BCUT2D eigenvalue weighted by Gasteiger charge is -2.23. The fourth-order valence-corrected chi connectivity index (χ4v) is 4.89. The van der Waals surface area contributed by atoms with Crippen LogP contribution in [0.25, 0.3) is 33.4 Å². The molecule has 3 aliphatic rings. The molecule has 0 aromatic heterocycles. The highest BCUT2D eigenvalue weighted by molar-refractivity contribution is 6.09. The Kier molecular flexibility index (Phi) is 6.96. The second kappa shape index (κ2) is 10.5. The van der Waals surface area contributed by atoms with Crippen molar-refractivity contribution in [1.82, 2.24) is 5.06 Å². The van der Waals surface area contributed by atoms with E-state index in [4.69, 9.17) is 9.25 Å². The third-order valence-corrected chi connectivity index (χ3v) is 6.75. The van der Waals surface area contributed by atoms with Crippen LogP contribution >= 0.6 is 0 Å². The monoisotopic (exact) mass is 511 g/mol. The first kappa shape index (κ1) is 25.2. The van der Waals surface area contributed by atoms with Gasteiger partial charge in [-0.1, -0.05) is 18.2 Å². The number of hydroxylamine groups is 2. The zero-order valence-corrected chi connectivity index (χ0v) is 21.7. The Hall–Kier alpha value is -4.46. The van der Waals surface area contributed by atoms with Crippen LogP contribution < -0.4 is 10.3 Å². The molecule has 0 atom stereocenters. The standard InChI is InChI=1S/C30H29N3O5/c1-4-31-19-11-13-23-25(17-19)37-26-18-20(32(5-2)6-3)12-14-24(26)29(23)21-9-7-8-10-22(21)30(36)38-33-27(34)15-16-28(33)35/h7-14,17-18H,4-6,15-16H2,1-3H3/b31-19-. The Morgan fingerprint density at radius 1 is 0.947 bits per heavy atom. The van der Waals surface area contributed by atoms with Gasteiger partial charge in [-0.2, -0.15) is 0 Å². The summed E-state index contributed by atoms with van der Waals surface area (Å²) in [6, 6.07) is 18.8. The van der Waals surface area contributed by atoms with Gasteiger partial charge in [0.15, 0.2) is 0 Å². The van der Waals surface area contributed by atoms with Crippen molar-refractivity contribution in [1.29, 1.82) is 0 Å². The van der Waals surface area contributed by atoms with E-state index in [0.29, 0.717) is 28.5 Å². The molecule has 5 rings (SSSR count). The number of nitrogens with zero attached hydrogens (tertiary/aromatic N) is 3. The third kappa shape index (κ3) is 4.53. The highest BCUT2D eigenvalue weighted by atomic mass is 16.7. The van der Waals surface area contributed by atoms with Crippen LogP contribution in [0.2, 0.25) is 0 Å². The minimum atomic E-state index is -0.774. The summed E-state index contributed by atoms with van der Waals surface area (Å²) in [6.07, 6.45) is 0.0620. The van der Waals surface area contributed by atoms with E-state index >= 15 is 0 Å². The Morgan fingerprint density at radius 3 is 2.39 bits per heavy atom. The molecule has 2 aliphatic heterocycles. The number of carbonyl (C=O) groups excluding carboxylic acids is 3. The van der Waals surface area contributed by atoms with Crippen LogP contribution in [0.5, 0.6) is 0 Å². The number of amides is 2. The van der Waals surface area contributed by atoms with Gasteiger partial charge in [0.25, 0.3) is 11.8 Å². The number of rotatable bonds is 7. The quantitative estimate of drug-likeness (QED) is 0.250. The van der Waals surface area contributed by atoms with Gasteiger partial charge in [-0.3, -0.25) is 14.6 Å². The molecule has 2 aromatic carbocycles. The van der Waals surface area contributed by atoms with Gasteiger partial charge >= 0.3 is 5.97 Å². The van der Waals surface area contributed by atoms with Gasteiger partial charge in [0.1, 0.15) is 11.3 Å². The molecule has 194 valence electrons. The number of imide groups is 1. The van der Waals surface area contributed by atoms with Crippen molar-refractivity contribution in [2.45, 2.75) is 33.6 Å². The molecule has 1 aliphatic carbocycles. The number of hydrogen-bond donors (Lipinski definition) is 0. The van der Waals surface area contributed by atoms with Gasteiger partial charge in [0.05, 0.1) is 10.9 Å². The molecule has 1 fully saturated rings. The highest BCUT2D eigenvalue weighted by Crippen LogP contribution is 2.42. The Morgan fingerprint density at radius 2 is 1.68 bits per heavy atom. The number of fused-ring (bicyclic) bond motifs is 2. The molecule has 0 spiro atoms. The van der Waals surface area contributed by atoms with Crippen molar-refractivity contribution in [2.75, 3.05) is 24.5 Å². The average molecular weight is 512 g/mol. The first-order chi connectivity index (χ1) is 18.4. The van der Waals surface area contributed by atoms with E-state index in [1.165, 1.54) is 0 Å². The highest BCUT2D eigenvalue weighted by Gasteiger charge is 2.34. The van der Waals surface area contributed by atoms with Crippen LogP contribution in [0.15, 0.2) is 70.1 Å². The number of benzene rings is 3. The van der Waals surface area contributed by atoms with Gasteiger partial charge in [0.2, 0.25) is 0 Å².